The Balaban J connectivity index is 1.98. The minimum absolute atomic E-state index is 0.0261. The van der Waals surface area contributed by atoms with Gasteiger partial charge in [0.2, 0.25) is 0 Å². The summed E-state index contributed by atoms with van der Waals surface area (Å²) >= 11 is 0. The lowest BCUT2D eigenvalue weighted by atomic mass is 10.1. The molecule has 0 N–H and O–H groups in total. The normalized spacial score (nSPS) is 11.5. The molecule has 1 aromatic heterocycles. The van der Waals surface area contributed by atoms with E-state index in [1.165, 1.54) is 32.1 Å². The van der Waals surface area contributed by atoms with Crippen molar-refractivity contribution in [2.75, 3.05) is 6.61 Å². The standard InChI is InChI=1S/C23H31FO3/c1-3-5-7-8-9-10-11-13-19-17-18-14-15-20(26-16-12-6-4-2)22(24)21(18)23(25)27-19/h4,6,14-15,17H,3,5,7-13,16H2,1-2H3/b6-4+. The van der Waals surface area contributed by atoms with Crippen molar-refractivity contribution in [1.29, 1.82) is 0 Å². The fraction of sp³-hybridized carbons (Fsp3) is 0.522. The number of aryl methyl sites for hydroxylation is 1. The van der Waals surface area contributed by atoms with Gasteiger partial charge >= 0.3 is 5.63 Å². The number of halogens is 1. The average molecular weight is 374 g/mol. The van der Waals surface area contributed by atoms with Crippen molar-refractivity contribution in [3.8, 4) is 5.75 Å². The summed E-state index contributed by atoms with van der Waals surface area (Å²) in [5, 5.41) is 0.546. The third-order valence-electron chi connectivity index (χ3n) is 4.69. The Labute approximate surface area is 161 Å². The third-order valence-corrected chi connectivity index (χ3v) is 4.69. The van der Waals surface area contributed by atoms with Crippen molar-refractivity contribution in [2.45, 2.75) is 71.6 Å². The lowest BCUT2D eigenvalue weighted by Crippen LogP contribution is -2.07. The zero-order valence-electron chi connectivity index (χ0n) is 16.6. The average Bonchev–Trinajstić information content (AvgIpc) is 2.66. The van der Waals surface area contributed by atoms with Crippen molar-refractivity contribution >= 4 is 10.8 Å². The van der Waals surface area contributed by atoms with E-state index in [1.54, 1.807) is 18.2 Å². The van der Waals surface area contributed by atoms with Gasteiger partial charge in [-0.25, -0.2) is 9.18 Å². The predicted molar refractivity (Wildman–Crippen MR) is 109 cm³/mol. The van der Waals surface area contributed by atoms with Crippen molar-refractivity contribution in [3.63, 3.8) is 0 Å². The smallest absolute Gasteiger partial charge is 0.346 e. The number of hydrogen-bond donors (Lipinski definition) is 0. The quantitative estimate of drug-likeness (QED) is 0.311. The van der Waals surface area contributed by atoms with Crippen LogP contribution in [0, 0.1) is 5.82 Å². The van der Waals surface area contributed by atoms with E-state index in [9.17, 15) is 9.18 Å². The molecule has 1 heterocycles. The van der Waals surface area contributed by atoms with Crippen LogP contribution in [-0.4, -0.2) is 6.61 Å². The number of ether oxygens (including phenoxy) is 1. The van der Waals surface area contributed by atoms with Gasteiger partial charge in [-0.15, -0.1) is 0 Å². The SMILES string of the molecule is C/C=C/CCOc1ccc2cc(CCCCCCCCC)oc(=O)c2c1F. The first-order chi connectivity index (χ1) is 13.2. The molecule has 0 saturated heterocycles. The monoisotopic (exact) mass is 374 g/mol. The Kier molecular flexibility index (Phi) is 9.09. The summed E-state index contributed by atoms with van der Waals surface area (Å²) in [5.74, 6) is 0.0885. The highest BCUT2D eigenvalue weighted by Gasteiger charge is 2.14. The zero-order chi connectivity index (χ0) is 19.5. The van der Waals surface area contributed by atoms with Gasteiger partial charge in [-0.3, -0.25) is 0 Å². The summed E-state index contributed by atoms with van der Waals surface area (Å²) in [6.07, 6.45) is 13.7. The van der Waals surface area contributed by atoms with Crippen LogP contribution in [0.4, 0.5) is 4.39 Å². The topological polar surface area (TPSA) is 39.4 Å². The highest BCUT2D eigenvalue weighted by atomic mass is 19.1. The van der Waals surface area contributed by atoms with E-state index in [0.29, 0.717) is 30.6 Å². The number of allylic oxidation sites excluding steroid dienone is 1. The van der Waals surface area contributed by atoms with E-state index >= 15 is 0 Å². The van der Waals surface area contributed by atoms with Crippen LogP contribution < -0.4 is 10.4 Å². The molecule has 0 aliphatic heterocycles. The summed E-state index contributed by atoms with van der Waals surface area (Å²) in [6.45, 7) is 4.50. The molecule has 0 fully saturated rings. The molecule has 0 atom stereocenters. The van der Waals surface area contributed by atoms with Gasteiger partial charge in [-0.05, 0) is 37.3 Å². The molecule has 2 aromatic rings. The minimum atomic E-state index is -0.635. The fourth-order valence-corrected chi connectivity index (χ4v) is 3.17. The lowest BCUT2D eigenvalue weighted by Gasteiger charge is -2.08. The first-order valence-electron chi connectivity index (χ1n) is 10.2. The van der Waals surface area contributed by atoms with Crippen LogP contribution >= 0.6 is 0 Å². The second kappa shape index (κ2) is 11.6. The molecule has 2 rings (SSSR count). The van der Waals surface area contributed by atoms with E-state index in [2.05, 4.69) is 6.92 Å². The summed E-state index contributed by atoms with van der Waals surface area (Å²) in [6, 6.07) is 5.10. The van der Waals surface area contributed by atoms with E-state index < -0.39 is 11.4 Å². The van der Waals surface area contributed by atoms with Gasteiger partial charge in [-0.1, -0.05) is 63.7 Å². The first-order valence-corrected chi connectivity index (χ1v) is 10.2. The molecule has 0 saturated carbocycles. The van der Waals surface area contributed by atoms with E-state index in [4.69, 9.17) is 9.15 Å². The van der Waals surface area contributed by atoms with Crippen molar-refractivity contribution in [2.24, 2.45) is 0 Å². The van der Waals surface area contributed by atoms with Crippen LogP contribution in [0.25, 0.3) is 10.8 Å². The molecule has 0 unspecified atom stereocenters. The molecular formula is C23H31FO3. The van der Waals surface area contributed by atoms with Crippen LogP contribution in [0.1, 0.15) is 71.0 Å². The van der Waals surface area contributed by atoms with Gasteiger partial charge in [0.15, 0.2) is 11.6 Å². The van der Waals surface area contributed by atoms with Crippen LogP contribution in [0.3, 0.4) is 0 Å². The largest absolute Gasteiger partial charge is 0.490 e. The van der Waals surface area contributed by atoms with E-state index in [0.717, 1.165) is 12.8 Å². The maximum Gasteiger partial charge on any atom is 0.346 e. The molecular weight excluding hydrogens is 343 g/mol. The highest BCUT2D eigenvalue weighted by Crippen LogP contribution is 2.25. The van der Waals surface area contributed by atoms with Gasteiger partial charge in [-0.2, -0.15) is 0 Å². The molecule has 1 aromatic carbocycles. The van der Waals surface area contributed by atoms with Crippen molar-refractivity contribution in [1.82, 2.24) is 0 Å². The highest BCUT2D eigenvalue weighted by molar-refractivity contribution is 5.83. The van der Waals surface area contributed by atoms with Gasteiger partial charge in [0.1, 0.15) is 11.1 Å². The number of benzene rings is 1. The minimum Gasteiger partial charge on any atom is -0.490 e. The summed E-state index contributed by atoms with van der Waals surface area (Å²) in [4.78, 5) is 12.3. The molecule has 0 amide bonds. The number of rotatable bonds is 12. The van der Waals surface area contributed by atoms with Gasteiger partial charge in [0.05, 0.1) is 6.61 Å². The van der Waals surface area contributed by atoms with E-state index in [-0.39, 0.29) is 11.1 Å². The van der Waals surface area contributed by atoms with Gasteiger partial charge in [0.25, 0.3) is 0 Å². The molecule has 4 heteroatoms. The van der Waals surface area contributed by atoms with Gasteiger partial charge in [0, 0.05) is 6.42 Å². The Bertz CT molecular complexity index is 792. The molecule has 3 nitrogen and oxygen atoms in total. The van der Waals surface area contributed by atoms with Gasteiger partial charge < -0.3 is 9.15 Å². The summed E-state index contributed by atoms with van der Waals surface area (Å²) in [7, 11) is 0. The van der Waals surface area contributed by atoms with Crippen LogP contribution in [-0.2, 0) is 6.42 Å². The molecule has 0 spiro atoms. The Morgan fingerprint density at radius 1 is 1.11 bits per heavy atom. The van der Waals surface area contributed by atoms with Crippen molar-refractivity contribution in [3.05, 3.63) is 52.3 Å². The molecule has 0 aliphatic carbocycles. The first kappa shape index (κ1) is 21.2. The second-order valence-electron chi connectivity index (χ2n) is 6.92. The van der Waals surface area contributed by atoms with Crippen molar-refractivity contribution < 1.29 is 13.5 Å². The Hall–Kier alpha value is -2.10. The Morgan fingerprint density at radius 2 is 1.85 bits per heavy atom. The van der Waals surface area contributed by atoms with Crippen LogP contribution in [0.15, 0.2) is 39.6 Å². The number of hydrogen-bond acceptors (Lipinski definition) is 3. The van der Waals surface area contributed by atoms with Crippen LogP contribution in [0.5, 0.6) is 5.75 Å². The molecule has 27 heavy (non-hydrogen) atoms. The number of fused-ring (bicyclic) bond motifs is 1. The lowest BCUT2D eigenvalue weighted by molar-refractivity contribution is 0.309. The number of unbranched alkanes of at least 4 members (excludes halogenated alkanes) is 6. The Morgan fingerprint density at radius 3 is 2.59 bits per heavy atom. The fourth-order valence-electron chi connectivity index (χ4n) is 3.17. The maximum absolute atomic E-state index is 14.6. The third kappa shape index (κ3) is 6.53. The maximum atomic E-state index is 14.6. The second-order valence-corrected chi connectivity index (χ2v) is 6.92. The summed E-state index contributed by atoms with van der Waals surface area (Å²) in [5.41, 5.74) is -0.623. The molecule has 0 bridgehead atoms. The van der Waals surface area contributed by atoms with E-state index in [1.807, 2.05) is 19.1 Å². The molecule has 148 valence electrons. The predicted octanol–water partition coefficient (Wildman–Crippen LogP) is 6.57. The molecule has 0 radical (unpaired) electrons. The molecule has 0 aliphatic rings. The van der Waals surface area contributed by atoms with Crippen LogP contribution in [0.2, 0.25) is 0 Å². The zero-order valence-corrected chi connectivity index (χ0v) is 16.6. The summed E-state index contributed by atoms with van der Waals surface area (Å²) < 4.78 is 25.4.